The van der Waals surface area contributed by atoms with E-state index in [1.54, 1.807) is 0 Å². The zero-order valence-electron chi connectivity index (χ0n) is 7.48. The number of carbonyl (C=O) groups excluding carboxylic acids is 2. The van der Waals surface area contributed by atoms with E-state index in [4.69, 9.17) is 10.2 Å². The first-order chi connectivity index (χ1) is 5.86. The minimum Gasteiger partial charge on any atom is -0.481 e. The van der Waals surface area contributed by atoms with E-state index < -0.39 is 36.0 Å². The summed E-state index contributed by atoms with van der Waals surface area (Å²) in [5.74, 6) is -4.06. The van der Waals surface area contributed by atoms with Gasteiger partial charge in [0.2, 0.25) is 0 Å². The van der Waals surface area contributed by atoms with Gasteiger partial charge >= 0.3 is 5.97 Å². The molecule has 2 N–H and O–H groups in total. The van der Waals surface area contributed by atoms with Crippen molar-refractivity contribution in [3.05, 3.63) is 0 Å². The molecule has 0 aromatic rings. The second kappa shape index (κ2) is 4.71. The van der Waals surface area contributed by atoms with Gasteiger partial charge in [-0.05, 0) is 13.8 Å². The van der Waals surface area contributed by atoms with Gasteiger partial charge in [0.15, 0.2) is 5.78 Å². The summed E-state index contributed by atoms with van der Waals surface area (Å²) in [4.78, 5) is 32.1. The van der Waals surface area contributed by atoms with Crippen molar-refractivity contribution in [2.24, 2.45) is 5.92 Å². The van der Waals surface area contributed by atoms with Crippen LogP contribution in [0, 0.1) is 5.92 Å². The van der Waals surface area contributed by atoms with Gasteiger partial charge in [-0.25, -0.2) is 0 Å². The number of rotatable bonds is 5. The topological polar surface area (TPSA) is 91.7 Å². The maximum Gasteiger partial charge on any atom is 0.316 e. The molecule has 0 aliphatic rings. The number of hydrogen-bond donors (Lipinski definition) is 2. The molecule has 0 saturated heterocycles. The highest BCUT2D eigenvalue weighted by atomic mass is 16.4. The molecule has 0 bridgehead atoms. The summed E-state index contributed by atoms with van der Waals surface area (Å²) in [6.07, 6.45) is -1.72. The van der Waals surface area contributed by atoms with E-state index in [-0.39, 0.29) is 0 Å². The summed E-state index contributed by atoms with van der Waals surface area (Å²) in [6.45, 7) is 2.40. The SMILES string of the molecule is CC(=O)CC(=O)C(C(=O)O)C(C)O. The average Bonchev–Trinajstić information content (AvgIpc) is 1.81. The van der Waals surface area contributed by atoms with Gasteiger partial charge in [0, 0.05) is 0 Å². The summed E-state index contributed by atoms with van der Waals surface area (Å²) in [7, 11) is 0. The first kappa shape index (κ1) is 11.8. The van der Waals surface area contributed by atoms with Crippen LogP contribution in [0.2, 0.25) is 0 Å². The molecule has 0 fully saturated rings. The lowest BCUT2D eigenvalue weighted by atomic mass is 9.95. The second-order valence-corrected chi connectivity index (χ2v) is 2.90. The number of aliphatic hydroxyl groups is 1. The van der Waals surface area contributed by atoms with E-state index in [0.717, 1.165) is 0 Å². The number of aliphatic hydroxyl groups excluding tert-OH is 1. The lowest BCUT2D eigenvalue weighted by molar-refractivity contribution is -0.150. The van der Waals surface area contributed by atoms with Crippen molar-refractivity contribution in [3.8, 4) is 0 Å². The Morgan fingerprint density at radius 2 is 1.77 bits per heavy atom. The van der Waals surface area contributed by atoms with Gasteiger partial charge < -0.3 is 10.2 Å². The molecular formula is C8H12O5. The molecule has 5 heteroatoms. The van der Waals surface area contributed by atoms with Crippen LogP contribution in [0.15, 0.2) is 0 Å². The number of carboxylic acid groups (broad SMARTS) is 1. The second-order valence-electron chi connectivity index (χ2n) is 2.90. The first-order valence-corrected chi connectivity index (χ1v) is 3.79. The molecule has 0 aromatic carbocycles. The van der Waals surface area contributed by atoms with Gasteiger partial charge in [0.05, 0.1) is 12.5 Å². The predicted octanol–water partition coefficient (Wildman–Crippen LogP) is -0.384. The summed E-state index contributed by atoms with van der Waals surface area (Å²) < 4.78 is 0. The molecule has 0 saturated carbocycles. The molecule has 13 heavy (non-hydrogen) atoms. The van der Waals surface area contributed by atoms with Crippen LogP contribution in [0.5, 0.6) is 0 Å². The standard InChI is InChI=1S/C8H12O5/c1-4(9)3-6(11)7(5(2)10)8(12)13/h5,7,10H,3H2,1-2H3,(H,12,13). The van der Waals surface area contributed by atoms with Crippen LogP contribution in [0.4, 0.5) is 0 Å². The fourth-order valence-corrected chi connectivity index (χ4v) is 0.968. The van der Waals surface area contributed by atoms with Crippen molar-refractivity contribution in [2.75, 3.05) is 0 Å². The average molecular weight is 188 g/mol. The maximum atomic E-state index is 11.1. The molecule has 2 atom stereocenters. The van der Waals surface area contributed by atoms with Crippen LogP contribution in [-0.2, 0) is 14.4 Å². The molecule has 74 valence electrons. The Kier molecular flexibility index (Phi) is 4.27. The molecule has 0 amide bonds. The molecule has 0 rings (SSSR count). The summed E-state index contributed by atoms with van der Waals surface area (Å²) in [5, 5.41) is 17.5. The normalized spacial score (nSPS) is 14.7. The highest BCUT2D eigenvalue weighted by molar-refractivity contribution is 6.07. The van der Waals surface area contributed by atoms with Crippen LogP contribution < -0.4 is 0 Å². The fourth-order valence-electron chi connectivity index (χ4n) is 0.968. The van der Waals surface area contributed by atoms with Crippen LogP contribution in [0.3, 0.4) is 0 Å². The number of carbonyl (C=O) groups is 3. The van der Waals surface area contributed by atoms with Crippen molar-refractivity contribution in [2.45, 2.75) is 26.4 Å². The quantitative estimate of drug-likeness (QED) is 0.573. The van der Waals surface area contributed by atoms with Crippen molar-refractivity contribution in [1.29, 1.82) is 0 Å². The molecule has 0 aliphatic heterocycles. The van der Waals surface area contributed by atoms with Crippen molar-refractivity contribution >= 4 is 17.5 Å². The number of carboxylic acids is 1. The van der Waals surface area contributed by atoms with Crippen LogP contribution in [-0.4, -0.2) is 33.9 Å². The molecule has 2 unspecified atom stereocenters. The van der Waals surface area contributed by atoms with Gasteiger partial charge in [0.1, 0.15) is 11.7 Å². The molecule has 0 radical (unpaired) electrons. The van der Waals surface area contributed by atoms with Gasteiger partial charge in [-0.2, -0.15) is 0 Å². The monoisotopic (exact) mass is 188 g/mol. The molecule has 0 aromatic heterocycles. The van der Waals surface area contributed by atoms with Crippen LogP contribution >= 0.6 is 0 Å². The van der Waals surface area contributed by atoms with Gasteiger partial charge in [-0.15, -0.1) is 0 Å². The largest absolute Gasteiger partial charge is 0.481 e. The number of ketones is 2. The van der Waals surface area contributed by atoms with Crippen molar-refractivity contribution < 1.29 is 24.6 Å². The fraction of sp³-hybridized carbons (Fsp3) is 0.625. The highest BCUT2D eigenvalue weighted by Gasteiger charge is 2.31. The maximum absolute atomic E-state index is 11.1. The Morgan fingerprint density at radius 1 is 1.31 bits per heavy atom. The van der Waals surface area contributed by atoms with E-state index in [2.05, 4.69) is 0 Å². The zero-order chi connectivity index (χ0) is 10.6. The molecule has 5 nitrogen and oxygen atoms in total. The third-order valence-electron chi connectivity index (χ3n) is 1.52. The summed E-state index contributed by atoms with van der Waals surface area (Å²) in [6, 6.07) is 0. The zero-order valence-corrected chi connectivity index (χ0v) is 7.48. The van der Waals surface area contributed by atoms with E-state index in [0.29, 0.717) is 0 Å². The van der Waals surface area contributed by atoms with Crippen molar-refractivity contribution in [1.82, 2.24) is 0 Å². The first-order valence-electron chi connectivity index (χ1n) is 3.79. The van der Waals surface area contributed by atoms with Gasteiger partial charge in [-0.1, -0.05) is 0 Å². The van der Waals surface area contributed by atoms with E-state index in [9.17, 15) is 14.4 Å². The Morgan fingerprint density at radius 3 is 2.00 bits per heavy atom. The van der Waals surface area contributed by atoms with Gasteiger partial charge in [-0.3, -0.25) is 14.4 Å². The minimum absolute atomic E-state index is 0.406. The Hall–Kier alpha value is -1.23. The van der Waals surface area contributed by atoms with Crippen LogP contribution in [0.1, 0.15) is 20.3 Å². The smallest absolute Gasteiger partial charge is 0.316 e. The molecular weight excluding hydrogens is 176 g/mol. The van der Waals surface area contributed by atoms with E-state index >= 15 is 0 Å². The predicted molar refractivity (Wildman–Crippen MR) is 43.1 cm³/mol. The Bertz CT molecular complexity index is 231. The van der Waals surface area contributed by atoms with E-state index in [1.807, 2.05) is 0 Å². The summed E-state index contributed by atoms with van der Waals surface area (Å²) in [5.41, 5.74) is 0. The van der Waals surface area contributed by atoms with E-state index in [1.165, 1.54) is 13.8 Å². The lowest BCUT2D eigenvalue weighted by Gasteiger charge is -2.12. The minimum atomic E-state index is -1.50. The molecule has 0 aliphatic carbocycles. The Balaban J connectivity index is 4.47. The number of aliphatic carboxylic acids is 1. The molecule has 0 spiro atoms. The number of hydrogen-bond acceptors (Lipinski definition) is 4. The lowest BCUT2D eigenvalue weighted by Crippen LogP contribution is -2.34. The third kappa shape index (κ3) is 3.80. The number of Topliss-reactive ketones (excluding diaryl/α,β-unsaturated/α-hetero) is 2. The summed E-state index contributed by atoms with van der Waals surface area (Å²) >= 11 is 0. The third-order valence-corrected chi connectivity index (χ3v) is 1.52. The van der Waals surface area contributed by atoms with Crippen molar-refractivity contribution in [3.63, 3.8) is 0 Å². The van der Waals surface area contributed by atoms with Crippen LogP contribution in [0.25, 0.3) is 0 Å². The molecule has 0 heterocycles. The Labute approximate surface area is 75.4 Å². The van der Waals surface area contributed by atoms with Gasteiger partial charge in [0.25, 0.3) is 0 Å². The highest BCUT2D eigenvalue weighted by Crippen LogP contribution is 2.08.